The van der Waals surface area contributed by atoms with Gasteiger partial charge in [-0.15, -0.1) is 24.0 Å². The van der Waals surface area contributed by atoms with E-state index < -0.39 is 0 Å². The lowest BCUT2D eigenvalue weighted by Gasteiger charge is -2.27. The maximum Gasteiger partial charge on any atom is 0.191 e. The van der Waals surface area contributed by atoms with E-state index >= 15 is 0 Å². The van der Waals surface area contributed by atoms with E-state index in [0.717, 1.165) is 32.1 Å². The molecule has 6 heteroatoms. The number of likely N-dealkylation sites (N-methyl/N-ethyl adjacent to an activating group) is 1. The molecule has 1 heterocycles. The number of hydrogen-bond acceptors (Lipinski definition) is 3. The van der Waals surface area contributed by atoms with Crippen molar-refractivity contribution in [1.29, 1.82) is 0 Å². The van der Waals surface area contributed by atoms with Gasteiger partial charge in [0, 0.05) is 51.4 Å². The second kappa shape index (κ2) is 11.9. The first-order chi connectivity index (χ1) is 12.4. The van der Waals surface area contributed by atoms with Crippen molar-refractivity contribution in [2.45, 2.75) is 52.4 Å². The lowest BCUT2D eigenvalue weighted by molar-refractivity contribution is 0.249. The SMILES string of the molecule is CN=C(NCC(C)N(C)Cc1ccccc1)NC1CN(C(C)C)CC1C.I. The Bertz CT molecular complexity index is 563. The standard InChI is InChI=1S/C21H37N5.HI/c1-16(2)26-13-17(3)20(15-26)24-21(22-5)23-12-18(4)25(6)14-19-10-8-7-9-11-19;/h7-11,16-18,20H,12-15H2,1-6H3,(H2,22,23,24);1H. The van der Waals surface area contributed by atoms with Crippen molar-refractivity contribution in [2.75, 3.05) is 33.7 Å². The normalized spacial score (nSPS) is 22.0. The Hall–Kier alpha value is -0.860. The lowest BCUT2D eigenvalue weighted by atomic mass is 10.1. The fourth-order valence-corrected chi connectivity index (χ4v) is 3.41. The van der Waals surface area contributed by atoms with E-state index in [-0.39, 0.29) is 24.0 Å². The van der Waals surface area contributed by atoms with Crippen LogP contribution in [0.1, 0.15) is 33.3 Å². The summed E-state index contributed by atoms with van der Waals surface area (Å²) in [7, 11) is 4.03. The van der Waals surface area contributed by atoms with E-state index in [2.05, 4.69) is 90.5 Å². The molecule has 0 radical (unpaired) electrons. The Kier molecular flexibility index (Phi) is 10.6. The fraction of sp³-hybridized carbons (Fsp3) is 0.667. The molecule has 0 amide bonds. The molecule has 2 N–H and O–H groups in total. The van der Waals surface area contributed by atoms with Crippen LogP contribution in [0.4, 0.5) is 0 Å². The quantitative estimate of drug-likeness (QED) is 0.353. The van der Waals surface area contributed by atoms with Crippen molar-refractivity contribution in [3.05, 3.63) is 35.9 Å². The monoisotopic (exact) mass is 487 g/mol. The van der Waals surface area contributed by atoms with Crippen LogP contribution in [0.15, 0.2) is 35.3 Å². The van der Waals surface area contributed by atoms with Crippen molar-refractivity contribution in [1.82, 2.24) is 20.4 Å². The number of halogens is 1. The minimum Gasteiger partial charge on any atom is -0.355 e. The maximum atomic E-state index is 4.43. The van der Waals surface area contributed by atoms with Crippen LogP contribution in [0.5, 0.6) is 0 Å². The van der Waals surface area contributed by atoms with E-state index in [1.807, 2.05) is 7.05 Å². The van der Waals surface area contributed by atoms with Gasteiger partial charge in [-0.05, 0) is 39.3 Å². The molecular weight excluding hydrogens is 449 g/mol. The number of nitrogens with one attached hydrogen (secondary N) is 2. The number of nitrogens with zero attached hydrogens (tertiary/aromatic N) is 3. The minimum atomic E-state index is 0. The third-order valence-electron chi connectivity index (χ3n) is 5.51. The molecule has 0 saturated carbocycles. The Morgan fingerprint density at radius 3 is 2.44 bits per heavy atom. The van der Waals surface area contributed by atoms with E-state index in [0.29, 0.717) is 24.0 Å². The topological polar surface area (TPSA) is 42.9 Å². The number of likely N-dealkylation sites (tertiary alicyclic amines) is 1. The molecular formula is C21H38IN5. The van der Waals surface area contributed by atoms with Gasteiger partial charge in [-0.1, -0.05) is 37.3 Å². The highest BCUT2D eigenvalue weighted by Gasteiger charge is 2.31. The van der Waals surface area contributed by atoms with Gasteiger partial charge in [-0.3, -0.25) is 14.8 Å². The van der Waals surface area contributed by atoms with Gasteiger partial charge in [-0.2, -0.15) is 0 Å². The molecule has 0 spiro atoms. The molecule has 1 aromatic rings. The molecule has 0 bridgehead atoms. The Labute approximate surface area is 183 Å². The summed E-state index contributed by atoms with van der Waals surface area (Å²) in [5.74, 6) is 1.54. The fourth-order valence-electron chi connectivity index (χ4n) is 3.41. The van der Waals surface area contributed by atoms with E-state index in [1.54, 1.807) is 0 Å². The van der Waals surface area contributed by atoms with Crippen LogP contribution in [0.2, 0.25) is 0 Å². The smallest absolute Gasteiger partial charge is 0.191 e. The predicted octanol–water partition coefficient (Wildman–Crippen LogP) is 3.02. The van der Waals surface area contributed by atoms with Gasteiger partial charge >= 0.3 is 0 Å². The van der Waals surface area contributed by atoms with Gasteiger partial charge in [0.2, 0.25) is 0 Å². The molecule has 0 aromatic heterocycles. The molecule has 27 heavy (non-hydrogen) atoms. The summed E-state index contributed by atoms with van der Waals surface area (Å²) in [6.45, 7) is 13.2. The van der Waals surface area contributed by atoms with Crippen LogP contribution < -0.4 is 10.6 Å². The molecule has 3 unspecified atom stereocenters. The molecule has 1 aliphatic heterocycles. The van der Waals surface area contributed by atoms with Crippen molar-refractivity contribution in [2.24, 2.45) is 10.9 Å². The average molecular weight is 487 g/mol. The molecule has 1 aromatic carbocycles. The zero-order chi connectivity index (χ0) is 19.1. The zero-order valence-electron chi connectivity index (χ0n) is 17.8. The van der Waals surface area contributed by atoms with Crippen LogP contribution in [0, 0.1) is 5.92 Å². The van der Waals surface area contributed by atoms with Crippen molar-refractivity contribution in [3.8, 4) is 0 Å². The molecule has 1 aliphatic rings. The van der Waals surface area contributed by atoms with Crippen molar-refractivity contribution in [3.63, 3.8) is 0 Å². The highest BCUT2D eigenvalue weighted by molar-refractivity contribution is 14.0. The highest BCUT2D eigenvalue weighted by Crippen LogP contribution is 2.18. The third kappa shape index (κ3) is 7.58. The second-order valence-corrected chi connectivity index (χ2v) is 7.98. The molecule has 5 nitrogen and oxygen atoms in total. The Morgan fingerprint density at radius 2 is 1.89 bits per heavy atom. The van der Waals surface area contributed by atoms with Gasteiger partial charge in [0.25, 0.3) is 0 Å². The number of guanidine groups is 1. The molecule has 2 rings (SSSR count). The molecule has 3 atom stereocenters. The first kappa shape index (κ1) is 24.2. The van der Waals surface area contributed by atoms with Gasteiger partial charge in [-0.25, -0.2) is 0 Å². The predicted molar refractivity (Wildman–Crippen MR) is 127 cm³/mol. The third-order valence-corrected chi connectivity index (χ3v) is 5.51. The van der Waals surface area contributed by atoms with Crippen LogP contribution in [0.25, 0.3) is 0 Å². The van der Waals surface area contributed by atoms with Gasteiger partial charge in [0.15, 0.2) is 5.96 Å². The van der Waals surface area contributed by atoms with Gasteiger partial charge < -0.3 is 10.6 Å². The summed E-state index contributed by atoms with van der Waals surface area (Å²) in [5.41, 5.74) is 1.35. The summed E-state index contributed by atoms with van der Waals surface area (Å²) in [4.78, 5) is 9.33. The van der Waals surface area contributed by atoms with Gasteiger partial charge in [0.1, 0.15) is 0 Å². The largest absolute Gasteiger partial charge is 0.355 e. The number of hydrogen-bond donors (Lipinski definition) is 2. The van der Waals surface area contributed by atoms with Crippen LogP contribution in [-0.4, -0.2) is 67.6 Å². The second-order valence-electron chi connectivity index (χ2n) is 7.98. The summed E-state index contributed by atoms with van der Waals surface area (Å²) >= 11 is 0. The summed E-state index contributed by atoms with van der Waals surface area (Å²) in [5, 5.41) is 7.13. The maximum absolute atomic E-state index is 4.43. The van der Waals surface area contributed by atoms with E-state index in [4.69, 9.17) is 0 Å². The van der Waals surface area contributed by atoms with Crippen molar-refractivity contribution >= 4 is 29.9 Å². The Balaban J connectivity index is 0.00000364. The zero-order valence-corrected chi connectivity index (χ0v) is 20.1. The van der Waals surface area contributed by atoms with E-state index in [9.17, 15) is 0 Å². The number of aliphatic imine (C=N–C) groups is 1. The molecule has 1 fully saturated rings. The Morgan fingerprint density at radius 1 is 1.22 bits per heavy atom. The number of rotatable bonds is 7. The summed E-state index contributed by atoms with van der Waals surface area (Å²) < 4.78 is 0. The summed E-state index contributed by atoms with van der Waals surface area (Å²) in [6, 6.07) is 12.1. The van der Waals surface area contributed by atoms with Crippen LogP contribution >= 0.6 is 24.0 Å². The highest BCUT2D eigenvalue weighted by atomic mass is 127. The minimum absolute atomic E-state index is 0. The van der Waals surface area contributed by atoms with Crippen LogP contribution in [-0.2, 0) is 6.54 Å². The number of benzene rings is 1. The first-order valence-electron chi connectivity index (χ1n) is 9.86. The van der Waals surface area contributed by atoms with E-state index in [1.165, 1.54) is 5.56 Å². The lowest BCUT2D eigenvalue weighted by Crippen LogP contribution is -2.49. The van der Waals surface area contributed by atoms with Crippen molar-refractivity contribution < 1.29 is 0 Å². The summed E-state index contributed by atoms with van der Waals surface area (Å²) in [6.07, 6.45) is 0. The molecule has 0 aliphatic carbocycles. The van der Waals surface area contributed by atoms with Crippen LogP contribution in [0.3, 0.4) is 0 Å². The molecule has 154 valence electrons. The first-order valence-corrected chi connectivity index (χ1v) is 9.86. The van der Waals surface area contributed by atoms with Gasteiger partial charge in [0.05, 0.1) is 0 Å². The molecule has 1 saturated heterocycles. The average Bonchev–Trinajstić information content (AvgIpc) is 3.00.